The highest BCUT2D eigenvalue weighted by atomic mass is 16.5. The Morgan fingerprint density at radius 3 is 2.76 bits per heavy atom. The summed E-state index contributed by atoms with van der Waals surface area (Å²) in [6.45, 7) is 7.97. The lowest BCUT2D eigenvalue weighted by Crippen LogP contribution is -2.56. The molecule has 1 aliphatic heterocycles. The molecule has 0 aromatic carbocycles. The molecule has 0 aliphatic carbocycles. The third-order valence-corrected chi connectivity index (χ3v) is 3.09. The Hall–Kier alpha value is -0.610. The normalized spacial score (nSPS) is 23.8. The van der Waals surface area contributed by atoms with Gasteiger partial charge in [0.2, 0.25) is 5.91 Å². The molecule has 0 spiro atoms. The molecule has 4 nitrogen and oxygen atoms in total. The Kier molecular flexibility index (Phi) is 5.40. The summed E-state index contributed by atoms with van der Waals surface area (Å²) < 4.78 is 5.81. The molecule has 0 saturated carbocycles. The summed E-state index contributed by atoms with van der Waals surface area (Å²) >= 11 is 0. The quantitative estimate of drug-likeness (QED) is 0.744. The van der Waals surface area contributed by atoms with Gasteiger partial charge in [-0.15, -0.1) is 0 Å². The number of ether oxygens (including phenoxy) is 1. The Labute approximate surface area is 104 Å². The molecule has 1 fully saturated rings. The van der Waals surface area contributed by atoms with E-state index in [1.54, 1.807) is 0 Å². The summed E-state index contributed by atoms with van der Waals surface area (Å²) in [6, 6.07) is 0. The fourth-order valence-electron chi connectivity index (χ4n) is 2.29. The minimum atomic E-state index is -0.275. The van der Waals surface area contributed by atoms with Gasteiger partial charge in [-0.2, -0.15) is 0 Å². The van der Waals surface area contributed by atoms with Crippen molar-refractivity contribution in [2.75, 3.05) is 19.6 Å². The van der Waals surface area contributed by atoms with Crippen LogP contribution in [0.2, 0.25) is 0 Å². The number of hydrogen-bond donors (Lipinski definition) is 1. The molecule has 1 rings (SSSR count). The predicted octanol–water partition coefficient (Wildman–Crippen LogP) is 1.53. The summed E-state index contributed by atoms with van der Waals surface area (Å²) in [6.07, 6.45) is 3.89. The average molecular weight is 242 g/mol. The van der Waals surface area contributed by atoms with E-state index >= 15 is 0 Å². The van der Waals surface area contributed by atoms with Crippen molar-refractivity contribution in [1.29, 1.82) is 0 Å². The summed E-state index contributed by atoms with van der Waals surface area (Å²) in [5.74, 6) is 0.244. The van der Waals surface area contributed by atoms with Gasteiger partial charge in [-0.3, -0.25) is 4.79 Å². The van der Waals surface area contributed by atoms with Crippen molar-refractivity contribution in [1.82, 2.24) is 4.90 Å². The second-order valence-corrected chi connectivity index (χ2v) is 5.47. The molecule has 1 atom stereocenters. The molecule has 0 radical (unpaired) electrons. The van der Waals surface area contributed by atoms with Crippen molar-refractivity contribution in [3.63, 3.8) is 0 Å². The molecule has 100 valence electrons. The average Bonchev–Trinajstić information content (AvgIpc) is 2.27. The molecule has 0 aromatic rings. The molecule has 1 heterocycles. The van der Waals surface area contributed by atoms with Gasteiger partial charge in [-0.05, 0) is 20.3 Å². The van der Waals surface area contributed by atoms with E-state index in [1.807, 2.05) is 18.7 Å². The summed E-state index contributed by atoms with van der Waals surface area (Å²) in [5, 5.41) is 0. The van der Waals surface area contributed by atoms with Gasteiger partial charge in [-0.25, -0.2) is 0 Å². The van der Waals surface area contributed by atoms with E-state index in [4.69, 9.17) is 10.5 Å². The minimum Gasteiger partial charge on any atom is -0.367 e. The van der Waals surface area contributed by atoms with Crippen LogP contribution in [0.1, 0.15) is 46.5 Å². The fraction of sp³-hybridized carbons (Fsp3) is 0.923. The van der Waals surface area contributed by atoms with Gasteiger partial charge in [0.15, 0.2) is 0 Å². The zero-order valence-electron chi connectivity index (χ0n) is 11.4. The predicted molar refractivity (Wildman–Crippen MR) is 68.7 cm³/mol. The van der Waals surface area contributed by atoms with Crippen LogP contribution in [0.3, 0.4) is 0 Å². The third-order valence-electron chi connectivity index (χ3n) is 3.09. The number of carbonyl (C=O) groups excluding carboxylic acids is 1. The highest BCUT2D eigenvalue weighted by Gasteiger charge is 2.34. The molecule has 0 aromatic heterocycles. The van der Waals surface area contributed by atoms with Gasteiger partial charge < -0.3 is 15.4 Å². The number of carbonyl (C=O) groups is 1. The zero-order chi connectivity index (χ0) is 12.9. The first-order valence-corrected chi connectivity index (χ1v) is 6.64. The highest BCUT2D eigenvalue weighted by Crippen LogP contribution is 2.21. The number of amides is 1. The van der Waals surface area contributed by atoms with Crippen LogP contribution in [-0.2, 0) is 9.53 Å². The highest BCUT2D eigenvalue weighted by molar-refractivity contribution is 5.76. The molecular formula is C13H26N2O2. The van der Waals surface area contributed by atoms with Gasteiger partial charge in [0.05, 0.1) is 11.7 Å². The third kappa shape index (κ3) is 4.64. The number of morpholine rings is 1. The van der Waals surface area contributed by atoms with E-state index in [0.29, 0.717) is 26.1 Å². The van der Waals surface area contributed by atoms with Crippen LogP contribution < -0.4 is 5.73 Å². The van der Waals surface area contributed by atoms with Crippen molar-refractivity contribution < 1.29 is 9.53 Å². The summed E-state index contributed by atoms with van der Waals surface area (Å²) in [5.41, 5.74) is 5.37. The topological polar surface area (TPSA) is 55.6 Å². The zero-order valence-corrected chi connectivity index (χ0v) is 11.4. The van der Waals surface area contributed by atoms with Crippen molar-refractivity contribution in [2.24, 2.45) is 5.73 Å². The van der Waals surface area contributed by atoms with Crippen molar-refractivity contribution in [3.8, 4) is 0 Å². The molecule has 1 unspecified atom stereocenters. The summed E-state index contributed by atoms with van der Waals surface area (Å²) in [7, 11) is 0. The first kappa shape index (κ1) is 14.5. The van der Waals surface area contributed by atoms with E-state index in [1.165, 1.54) is 0 Å². The van der Waals surface area contributed by atoms with E-state index < -0.39 is 0 Å². The number of nitrogens with zero attached hydrogens (tertiary/aromatic N) is 1. The first-order chi connectivity index (χ1) is 7.98. The Morgan fingerprint density at radius 2 is 2.18 bits per heavy atom. The van der Waals surface area contributed by atoms with Crippen molar-refractivity contribution >= 4 is 5.91 Å². The lowest BCUT2D eigenvalue weighted by atomic mass is 10.0. The fourth-order valence-corrected chi connectivity index (χ4v) is 2.29. The van der Waals surface area contributed by atoms with Gasteiger partial charge in [-0.1, -0.05) is 19.8 Å². The maximum absolute atomic E-state index is 12.1. The van der Waals surface area contributed by atoms with Crippen molar-refractivity contribution in [3.05, 3.63) is 0 Å². The van der Waals surface area contributed by atoms with E-state index in [2.05, 4.69) is 6.92 Å². The van der Waals surface area contributed by atoms with Crippen LogP contribution >= 0.6 is 0 Å². The number of rotatable bonds is 5. The molecule has 17 heavy (non-hydrogen) atoms. The van der Waals surface area contributed by atoms with E-state index in [0.717, 1.165) is 19.3 Å². The maximum Gasteiger partial charge on any atom is 0.222 e. The first-order valence-electron chi connectivity index (χ1n) is 6.64. The lowest BCUT2D eigenvalue weighted by molar-refractivity contribution is -0.159. The van der Waals surface area contributed by atoms with Crippen LogP contribution in [0.25, 0.3) is 0 Å². The van der Waals surface area contributed by atoms with Gasteiger partial charge >= 0.3 is 0 Å². The van der Waals surface area contributed by atoms with E-state index in [9.17, 15) is 4.79 Å². The van der Waals surface area contributed by atoms with Gasteiger partial charge in [0.1, 0.15) is 0 Å². The second kappa shape index (κ2) is 6.36. The van der Waals surface area contributed by atoms with Crippen molar-refractivity contribution in [2.45, 2.75) is 58.2 Å². The standard InChI is InChI=1S/C13H26N2O2/c1-4-5-6-7-12(16)15-9-11(8-14)17-13(2,3)10-15/h11H,4-10,14H2,1-3H3. The molecule has 1 aliphatic rings. The number of nitrogens with two attached hydrogens (primary N) is 1. The van der Waals surface area contributed by atoms with Crippen LogP contribution in [-0.4, -0.2) is 42.1 Å². The minimum absolute atomic E-state index is 0.0196. The SMILES string of the molecule is CCCCCC(=O)N1CC(CN)OC(C)(C)C1. The maximum atomic E-state index is 12.1. The molecule has 1 saturated heterocycles. The van der Waals surface area contributed by atoms with Gasteiger partial charge in [0.25, 0.3) is 0 Å². The van der Waals surface area contributed by atoms with Gasteiger partial charge in [0, 0.05) is 26.1 Å². The monoisotopic (exact) mass is 242 g/mol. The molecule has 2 N–H and O–H groups in total. The van der Waals surface area contributed by atoms with E-state index in [-0.39, 0.29) is 17.6 Å². The molecule has 1 amide bonds. The van der Waals surface area contributed by atoms with Crippen LogP contribution in [0.5, 0.6) is 0 Å². The molecule has 0 bridgehead atoms. The smallest absolute Gasteiger partial charge is 0.222 e. The molecular weight excluding hydrogens is 216 g/mol. The summed E-state index contributed by atoms with van der Waals surface area (Å²) in [4.78, 5) is 14.0. The van der Waals surface area contributed by atoms with Crippen LogP contribution in [0.4, 0.5) is 0 Å². The Morgan fingerprint density at radius 1 is 1.47 bits per heavy atom. The largest absolute Gasteiger partial charge is 0.367 e. The number of hydrogen-bond acceptors (Lipinski definition) is 3. The Balaban J connectivity index is 2.48. The van der Waals surface area contributed by atoms with Crippen LogP contribution in [0, 0.1) is 0 Å². The Bertz CT molecular complexity index is 254. The second-order valence-electron chi connectivity index (χ2n) is 5.47. The number of unbranched alkanes of at least 4 members (excludes halogenated alkanes) is 2. The molecule has 4 heteroatoms. The van der Waals surface area contributed by atoms with Crippen LogP contribution in [0.15, 0.2) is 0 Å². The lowest BCUT2D eigenvalue weighted by Gasteiger charge is -2.42.